The number of tetrazole rings is 1. The van der Waals surface area contributed by atoms with Gasteiger partial charge in [0.15, 0.2) is 0 Å². The van der Waals surface area contributed by atoms with Gasteiger partial charge in [-0.3, -0.25) is 9.48 Å². The summed E-state index contributed by atoms with van der Waals surface area (Å²) in [4.78, 5) is 14.2. The number of rotatable bonds is 5. The number of amides is 1. The molecular formula is C16H16FN7O. The molecule has 1 aromatic carbocycles. The maximum atomic E-state index is 13.0. The number of hydrogen-bond acceptors (Lipinski definition) is 5. The molecular weight excluding hydrogens is 325 g/mol. The average molecular weight is 341 g/mol. The van der Waals surface area contributed by atoms with Gasteiger partial charge in [0.05, 0.1) is 31.5 Å². The lowest BCUT2D eigenvalue weighted by atomic mass is 10.2. The molecule has 0 saturated heterocycles. The quantitative estimate of drug-likeness (QED) is 0.691. The van der Waals surface area contributed by atoms with Gasteiger partial charge in [-0.2, -0.15) is 5.10 Å². The van der Waals surface area contributed by atoms with Gasteiger partial charge in [-0.25, -0.2) is 9.07 Å². The molecule has 0 spiro atoms. The van der Waals surface area contributed by atoms with Crippen molar-refractivity contribution in [2.45, 2.75) is 32.6 Å². The summed E-state index contributed by atoms with van der Waals surface area (Å²) < 4.78 is 16.4. The highest BCUT2D eigenvalue weighted by atomic mass is 19.1. The SMILES string of the molecule is O=C(CCn1cnnn1)N1Cc2cnn(Cc3ccc(F)cc3)c2C1. The van der Waals surface area contributed by atoms with E-state index in [-0.39, 0.29) is 11.7 Å². The fourth-order valence-corrected chi connectivity index (χ4v) is 2.93. The summed E-state index contributed by atoms with van der Waals surface area (Å²) in [6, 6.07) is 6.36. The number of fused-ring (bicyclic) bond motifs is 1. The Morgan fingerprint density at radius 3 is 2.80 bits per heavy atom. The van der Waals surface area contributed by atoms with Crippen molar-refractivity contribution in [1.29, 1.82) is 0 Å². The Morgan fingerprint density at radius 2 is 2.04 bits per heavy atom. The van der Waals surface area contributed by atoms with Crippen LogP contribution in [-0.2, 0) is 31.0 Å². The standard InChI is InChI=1S/C16H16FN7O/c17-14-3-1-12(2-4-14)8-24-15-10-22(9-13(15)7-19-24)16(25)5-6-23-11-18-20-21-23/h1-4,7,11H,5-6,8-10H2. The van der Waals surface area contributed by atoms with Gasteiger partial charge in [-0.05, 0) is 28.1 Å². The summed E-state index contributed by atoms with van der Waals surface area (Å²) in [5.74, 6) is -0.200. The third-order valence-corrected chi connectivity index (χ3v) is 4.28. The van der Waals surface area contributed by atoms with Crippen molar-refractivity contribution >= 4 is 5.91 Å². The summed E-state index contributed by atoms with van der Waals surface area (Å²) in [6.07, 6.45) is 3.64. The van der Waals surface area contributed by atoms with Crippen molar-refractivity contribution in [2.75, 3.05) is 0 Å². The van der Waals surface area contributed by atoms with Gasteiger partial charge in [0.2, 0.25) is 5.91 Å². The highest BCUT2D eigenvalue weighted by molar-refractivity contribution is 5.76. The molecule has 3 heterocycles. The lowest BCUT2D eigenvalue weighted by Crippen LogP contribution is -2.27. The van der Waals surface area contributed by atoms with E-state index in [0.29, 0.717) is 32.6 Å². The molecule has 0 N–H and O–H groups in total. The molecule has 1 amide bonds. The Balaban J connectivity index is 1.40. The molecule has 4 rings (SSSR count). The predicted octanol–water partition coefficient (Wildman–Crippen LogP) is 0.989. The fourth-order valence-electron chi connectivity index (χ4n) is 2.93. The molecule has 8 nitrogen and oxygen atoms in total. The zero-order chi connectivity index (χ0) is 17.2. The van der Waals surface area contributed by atoms with Gasteiger partial charge in [-0.1, -0.05) is 12.1 Å². The van der Waals surface area contributed by atoms with Crippen molar-refractivity contribution < 1.29 is 9.18 Å². The van der Waals surface area contributed by atoms with Gasteiger partial charge in [0.25, 0.3) is 0 Å². The van der Waals surface area contributed by atoms with E-state index in [1.807, 2.05) is 4.68 Å². The highest BCUT2D eigenvalue weighted by Crippen LogP contribution is 2.24. The first-order valence-electron chi connectivity index (χ1n) is 7.95. The second kappa shape index (κ2) is 6.42. The summed E-state index contributed by atoms with van der Waals surface area (Å²) in [5.41, 5.74) is 3.05. The third kappa shape index (κ3) is 3.25. The fraction of sp³-hybridized carbons (Fsp3) is 0.312. The van der Waals surface area contributed by atoms with Crippen LogP contribution in [0.5, 0.6) is 0 Å². The van der Waals surface area contributed by atoms with Crippen LogP contribution in [0, 0.1) is 5.82 Å². The second-order valence-corrected chi connectivity index (χ2v) is 5.97. The van der Waals surface area contributed by atoms with Crippen molar-refractivity contribution in [3.8, 4) is 0 Å². The smallest absolute Gasteiger partial charge is 0.225 e. The maximum absolute atomic E-state index is 13.0. The van der Waals surface area contributed by atoms with Crippen LogP contribution >= 0.6 is 0 Å². The normalized spacial score (nSPS) is 13.2. The molecule has 25 heavy (non-hydrogen) atoms. The van der Waals surface area contributed by atoms with Crippen LogP contribution in [0.2, 0.25) is 0 Å². The molecule has 3 aromatic rings. The maximum Gasteiger partial charge on any atom is 0.225 e. The molecule has 0 unspecified atom stereocenters. The lowest BCUT2D eigenvalue weighted by molar-refractivity contribution is -0.132. The van der Waals surface area contributed by atoms with Gasteiger partial charge >= 0.3 is 0 Å². The highest BCUT2D eigenvalue weighted by Gasteiger charge is 2.26. The molecule has 0 atom stereocenters. The zero-order valence-electron chi connectivity index (χ0n) is 13.4. The van der Waals surface area contributed by atoms with Crippen LogP contribution in [0.1, 0.15) is 23.2 Å². The Labute approximate surface area is 142 Å². The Bertz CT molecular complexity index is 873. The Kier molecular flexibility index (Phi) is 3.96. The van der Waals surface area contributed by atoms with Crippen LogP contribution in [0.4, 0.5) is 4.39 Å². The molecule has 1 aliphatic heterocycles. The monoisotopic (exact) mass is 341 g/mol. The van der Waals surface area contributed by atoms with Crippen LogP contribution < -0.4 is 0 Å². The molecule has 2 aromatic heterocycles. The molecule has 0 fully saturated rings. The average Bonchev–Trinajstić information content (AvgIpc) is 3.33. The van der Waals surface area contributed by atoms with E-state index < -0.39 is 0 Å². The minimum atomic E-state index is -0.256. The van der Waals surface area contributed by atoms with E-state index in [4.69, 9.17) is 0 Å². The molecule has 1 aliphatic rings. The first-order chi connectivity index (χ1) is 12.2. The Morgan fingerprint density at radius 1 is 1.20 bits per heavy atom. The summed E-state index contributed by atoms with van der Waals surface area (Å²) in [7, 11) is 0. The van der Waals surface area contributed by atoms with Crippen LogP contribution in [-0.4, -0.2) is 40.8 Å². The van der Waals surface area contributed by atoms with Gasteiger partial charge in [-0.15, -0.1) is 5.10 Å². The molecule has 0 aliphatic carbocycles. The van der Waals surface area contributed by atoms with E-state index in [1.54, 1.807) is 23.2 Å². The van der Waals surface area contributed by atoms with E-state index in [9.17, 15) is 9.18 Å². The third-order valence-electron chi connectivity index (χ3n) is 4.28. The lowest BCUT2D eigenvalue weighted by Gasteiger charge is -2.16. The molecule has 0 saturated carbocycles. The number of aryl methyl sites for hydroxylation is 1. The summed E-state index contributed by atoms with van der Waals surface area (Å²) in [5, 5.41) is 15.2. The van der Waals surface area contributed by atoms with Crippen molar-refractivity contribution in [3.05, 3.63) is 59.4 Å². The van der Waals surface area contributed by atoms with Crippen LogP contribution in [0.3, 0.4) is 0 Å². The van der Waals surface area contributed by atoms with Gasteiger partial charge in [0.1, 0.15) is 12.1 Å². The number of nitrogens with zero attached hydrogens (tertiary/aromatic N) is 7. The van der Waals surface area contributed by atoms with Crippen molar-refractivity contribution in [2.24, 2.45) is 0 Å². The predicted molar refractivity (Wildman–Crippen MR) is 84.4 cm³/mol. The summed E-state index contributed by atoms with van der Waals surface area (Å²) in [6.45, 7) is 2.11. The largest absolute Gasteiger partial charge is 0.332 e. The Hall–Kier alpha value is -3.10. The first-order valence-corrected chi connectivity index (χ1v) is 7.95. The molecule has 0 bridgehead atoms. The van der Waals surface area contributed by atoms with Crippen LogP contribution in [0.15, 0.2) is 36.8 Å². The number of carbonyl (C=O) groups is 1. The van der Waals surface area contributed by atoms with E-state index in [1.165, 1.54) is 23.1 Å². The topological polar surface area (TPSA) is 81.7 Å². The van der Waals surface area contributed by atoms with Gasteiger partial charge < -0.3 is 4.90 Å². The number of benzene rings is 1. The number of halogens is 1. The molecule has 0 radical (unpaired) electrons. The molecule has 9 heteroatoms. The van der Waals surface area contributed by atoms with Crippen LogP contribution in [0.25, 0.3) is 0 Å². The first kappa shape index (κ1) is 15.4. The van der Waals surface area contributed by atoms with Crippen molar-refractivity contribution in [1.82, 2.24) is 34.9 Å². The zero-order valence-corrected chi connectivity index (χ0v) is 13.4. The minimum Gasteiger partial charge on any atom is -0.332 e. The summed E-state index contributed by atoms with van der Waals surface area (Å²) >= 11 is 0. The molecule has 128 valence electrons. The van der Waals surface area contributed by atoms with E-state index in [0.717, 1.165) is 16.8 Å². The van der Waals surface area contributed by atoms with E-state index in [2.05, 4.69) is 20.6 Å². The van der Waals surface area contributed by atoms with Crippen molar-refractivity contribution in [3.63, 3.8) is 0 Å². The second-order valence-electron chi connectivity index (χ2n) is 5.97. The van der Waals surface area contributed by atoms with Gasteiger partial charge in [0, 0.05) is 18.5 Å². The van der Waals surface area contributed by atoms with E-state index >= 15 is 0 Å². The minimum absolute atomic E-state index is 0.0556. The number of carbonyl (C=O) groups excluding carboxylic acids is 1. The number of hydrogen-bond donors (Lipinski definition) is 0. The number of aromatic nitrogens is 6.